The van der Waals surface area contributed by atoms with E-state index in [9.17, 15) is 41.5 Å². The molecule has 1 unspecified atom stereocenters. The van der Waals surface area contributed by atoms with Gasteiger partial charge >= 0.3 is 18.1 Å². The molecule has 0 saturated carbocycles. The summed E-state index contributed by atoms with van der Waals surface area (Å²) >= 11 is 0. The second kappa shape index (κ2) is 14.7. The van der Waals surface area contributed by atoms with Gasteiger partial charge in [-0.15, -0.1) is 0 Å². The third kappa shape index (κ3) is 9.45. The van der Waals surface area contributed by atoms with Crippen molar-refractivity contribution in [3.05, 3.63) is 76.5 Å². The Hall–Kier alpha value is -4.33. The second-order valence-electron chi connectivity index (χ2n) is 8.53. The van der Waals surface area contributed by atoms with Crippen LogP contribution in [0.1, 0.15) is 24.9 Å². The second-order valence-corrected chi connectivity index (χ2v) is 8.53. The minimum Gasteiger partial charge on any atom is -0.463 e. The number of aldehydes is 1. The molecule has 0 saturated heterocycles. The number of hydrogen-bond acceptors (Lipinski definition) is 7. The summed E-state index contributed by atoms with van der Waals surface area (Å²) in [7, 11) is 0. The van der Waals surface area contributed by atoms with E-state index >= 15 is 0 Å². The van der Waals surface area contributed by atoms with Crippen molar-refractivity contribution in [1.82, 2.24) is 9.88 Å². The number of alkyl halides is 3. The van der Waals surface area contributed by atoms with Crippen LogP contribution in [-0.2, 0) is 30.3 Å². The van der Waals surface area contributed by atoms with E-state index in [0.29, 0.717) is 11.8 Å². The molecule has 40 heavy (non-hydrogen) atoms. The first-order valence-corrected chi connectivity index (χ1v) is 12.0. The number of benzene rings is 1. The standard InChI is InChI=1S/C26H28F4N4O6/c1-2-40-22(36)10-9-19(12-17(14-31)15-35)32-23(37)21(13-16-5-7-18(27)8-6-16)34-11-3-4-20(24(34)38)33-25(39)26(28,29)30/h3-11,15,17,19,21H,2,12-14,31H2,1H3,(H,32,37)(H,33,39)/b10-9+/t17?,19-,21+/m1/s1. The van der Waals surface area contributed by atoms with Crippen LogP contribution in [0.5, 0.6) is 0 Å². The molecule has 0 fully saturated rings. The van der Waals surface area contributed by atoms with Crippen LogP contribution in [-0.4, -0.2) is 54.0 Å². The van der Waals surface area contributed by atoms with Gasteiger partial charge in [0.1, 0.15) is 23.8 Å². The molecule has 14 heteroatoms. The van der Waals surface area contributed by atoms with Crippen molar-refractivity contribution in [2.75, 3.05) is 18.5 Å². The van der Waals surface area contributed by atoms with Gasteiger partial charge in [0.2, 0.25) is 5.91 Å². The van der Waals surface area contributed by atoms with Crippen LogP contribution in [0.2, 0.25) is 0 Å². The quantitative estimate of drug-likeness (QED) is 0.145. The predicted octanol–water partition coefficient (Wildman–Crippen LogP) is 2.04. The third-order valence-corrected chi connectivity index (χ3v) is 5.59. The molecule has 10 nitrogen and oxygen atoms in total. The van der Waals surface area contributed by atoms with Crippen molar-refractivity contribution < 1.29 is 41.5 Å². The number of rotatable bonds is 13. The molecule has 2 aromatic rings. The van der Waals surface area contributed by atoms with Gasteiger partial charge in [0, 0.05) is 37.2 Å². The van der Waals surface area contributed by atoms with Gasteiger partial charge in [0.05, 0.1) is 6.61 Å². The van der Waals surface area contributed by atoms with E-state index in [4.69, 9.17) is 10.5 Å². The summed E-state index contributed by atoms with van der Waals surface area (Å²) in [5.41, 5.74) is 4.13. The Morgan fingerprint density at radius 3 is 2.40 bits per heavy atom. The molecule has 0 aliphatic heterocycles. The molecule has 2 amide bonds. The topological polar surface area (TPSA) is 150 Å². The summed E-state index contributed by atoms with van der Waals surface area (Å²) in [6.45, 7) is 1.61. The number of pyridine rings is 1. The van der Waals surface area contributed by atoms with E-state index in [1.54, 1.807) is 6.92 Å². The average molecular weight is 569 g/mol. The van der Waals surface area contributed by atoms with Gasteiger partial charge in [-0.2, -0.15) is 13.2 Å². The van der Waals surface area contributed by atoms with E-state index < -0.39 is 59.0 Å². The Morgan fingerprint density at radius 1 is 1.15 bits per heavy atom. The fourth-order valence-electron chi connectivity index (χ4n) is 3.59. The van der Waals surface area contributed by atoms with Gasteiger partial charge in [0.15, 0.2) is 0 Å². The number of carbonyl (C=O) groups excluding carboxylic acids is 4. The minimum absolute atomic E-state index is 0.0263. The van der Waals surface area contributed by atoms with Crippen LogP contribution in [0.15, 0.2) is 59.5 Å². The fraction of sp³-hybridized carbons (Fsp3) is 0.346. The highest BCUT2D eigenvalue weighted by Gasteiger charge is 2.39. The largest absolute Gasteiger partial charge is 0.471 e. The molecule has 0 bridgehead atoms. The Morgan fingerprint density at radius 2 is 1.82 bits per heavy atom. The lowest BCUT2D eigenvalue weighted by atomic mass is 9.99. The van der Waals surface area contributed by atoms with Crippen LogP contribution < -0.4 is 21.9 Å². The van der Waals surface area contributed by atoms with Crippen molar-refractivity contribution in [2.45, 2.75) is 38.0 Å². The van der Waals surface area contributed by atoms with Crippen LogP contribution in [0.4, 0.5) is 23.2 Å². The molecule has 0 aliphatic carbocycles. The molecule has 0 aliphatic rings. The number of nitrogens with zero attached hydrogens (tertiary/aromatic N) is 1. The first-order chi connectivity index (χ1) is 18.9. The van der Waals surface area contributed by atoms with Crippen molar-refractivity contribution in [3.63, 3.8) is 0 Å². The Bertz CT molecular complexity index is 1280. The Balaban J connectivity index is 2.49. The van der Waals surface area contributed by atoms with Gasteiger partial charge in [-0.25, -0.2) is 9.18 Å². The Labute approximate surface area is 226 Å². The van der Waals surface area contributed by atoms with Gasteiger partial charge in [-0.1, -0.05) is 18.2 Å². The monoisotopic (exact) mass is 568 g/mol. The highest BCUT2D eigenvalue weighted by molar-refractivity contribution is 5.94. The van der Waals surface area contributed by atoms with Crippen LogP contribution >= 0.6 is 0 Å². The lowest BCUT2D eigenvalue weighted by Gasteiger charge is -2.24. The number of amides is 2. The maximum Gasteiger partial charge on any atom is 0.471 e. The van der Waals surface area contributed by atoms with E-state index in [0.717, 1.165) is 41.1 Å². The smallest absolute Gasteiger partial charge is 0.463 e. The van der Waals surface area contributed by atoms with Gasteiger partial charge in [-0.05, 0) is 43.2 Å². The number of esters is 1. The Kier molecular flexibility index (Phi) is 11.7. The molecular weight excluding hydrogens is 540 g/mol. The van der Waals surface area contributed by atoms with Crippen LogP contribution in [0.3, 0.4) is 0 Å². The highest BCUT2D eigenvalue weighted by Crippen LogP contribution is 2.19. The van der Waals surface area contributed by atoms with E-state index in [2.05, 4.69) is 5.32 Å². The summed E-state index contributed by atoms with van der Waals surface area (Å²) in [6.07, 6.45) is -1.48. The normalized spacial score (nSPS) is 13.8. The number of carbonyl (C=O) groups is 4. The maximum absolute atomic E-state index is 13.5. The summed E-state index contributed by atoms with van der Waals surface area (Å²) < 4.78 is 57.4. The number of hydrogen-bond donors (Lipinski definition) is 3. The van der Waals surface area contributed by atoms with Crippen molar-refractivity contribution >= 4 is 29.8 Å². The van der Waals surface area contributed by atoms with Gasteiger partial charge in [0.25, 0.3) is 5.56 Å². The van der Waals surface area contributed by atoms with Gasteiger partial charge in [-0.3, -0.25) is 14.4 Å². The molecule has 216 valence electrons. The number of halogens is 4. The van der Waals surface area contributed by atoms with Crippen LogP contribution in [0, 0.1) is 11.7 Å². The van der Waals surface area contributed by atoms with Crippen molar-refractivity contribution in [3.8, 4) is 0 Å². The SMILES string of the molecule is CCOC(=O)/C=C/[C@H](CC(C=O)CN)NC(=O)[C@H](Cc1ccc(F)cc1)n1cccc(NC(=O)C(F)(F)F)c1=O. The zero-order chi connectivity index (χ0) is 29.9. The zero-order valence-electron chi connectivity index (χ0n) is 21.3. The molecule has 3 atom stereocenters. The van der Waals surface area contributed by atoms with Crippen LogP contribution in [0.25, 0.3) is 0 Å². The van der Waals surface area contributed by atoms with Crippen molar-refractivity contribution in [2.24, 2.45) is 11.7 Å². The maximum atomic E-state index is 13.5. The highest BCUT2D eigenvalue weighted by atomic mass is 19.4. The van der Waals surface area contributed by atoms with Gasteiger partial charge < -0.3 is 30.5 Å². The average Bonchev–Trinajstić information content (AvgIpc) is 2.90. The fourth-order valence-corrected chi connectivity index (χ4v) is 3.59. The summed E-state index contributed by atoms with van der Waals surface area (Å²) in [5, 5.41) is 4.10. The number of nitrogens with one attached hydrogen (secondary N) is 2. The number of nitrogens with two attached hydrogens (primary N) is 1. The van der Waals surface area contributed by atoms with E-state index in [-0.39, 0.29) is 26.0 Å². The lowest BCUT2D eigenvalue weighted by molar-refractivity contribution is -0.167. The van der Waals surface area contributed by atoms with Crippen molar-refractivity contribution in [1.29, 1.82) is 0 Å². The molecule has 0 radical (unpaired) electrons. The molecule has 1 heterocycles. The summed E-state index contributed by atoms with van der Waals surface area (Å²) in [4.78, 5) is 61.2. The zero-order valence-corrected chi connectivity index (χ0v) is 21.3. The van der Waals surface area contributed by atoms with E-state index in [1.807, 2.05) is 0 Å². The molecule has 2 rings (SSSR count). The first-order valence-electron chi connectivity index (χ1n) is 12.0. The summed E-state index contributed by atoms with van der Waals surface area (Å²) in [5.74, 6) is -5.20. The molecular formula is C26H28F4N4O6. The number of aromatic nitrogens is 1. The molecule has 1 aromatic carbocycles. The minimum atomic E-state index is -5.27. The predicted molar refractivity (Wildman–Crippen MR) is 135 cm³/mol. The molecule has 1 aromatic heterocycles. The summed E-state index contributed by atoms with van der Waals surface area (Å²) in [6, 6.07) is 4.68. The first kappa shape index (κ1) is 31.9. The third-order valence-electron chi connectivity index (χ3n) is 5.59. The molecule has 4 N–H and O–H groups in total. The van der Waals surface area contributed by atoms with E-state index in [1.165, 1.54) is 23.5 Å². The molecule has 0 spiro atoms. The number of ether oxygens (including phenoxy) is 1. The number of anilines is 1. The lowest BCUT2D eigenvalue weighted by Crippen LogP contribution is -2.44.